The molecule has 0 amide bonds. The third kappa shape index (κ3) is 10.2. The number of rotatable bonds is 10. The van der Waals surface area contributed by atoms with E-state index in [2.05, 4.69) is 35.7 Å². The molecule has 6 aliphatic rings. The van der Waals surface area contributed by atoms with Gasteiger partial charge in [0.15, 0.2) is 0 Å². The molecule has 4 aliphatic heterocycles. The SMILES string of the molecule is FC(F)(F)Oc1ccccc1-c1noc(C2CC2)c1CBr.O[C@@H]1CO[C@H]2[C@@H]1OC[C@H]2O.O[C@@H]1CO[C@H]2[C@@H]1OC[C@H]2OCc1c(-c2ccccc2OC(F)(F)F)noc1C1CC1. The Morgan fingerprint density at radius 3 is 1.46 bits per heavy atom. The van der Waals surface area contributed by atoms with Crippen molar-refractivity contribution < 1.29 is 83.9 Å². The molecule has 21 heteroatoms. The van der Waals surface area contributed by atoms with E-state index in [1.807, 2.05) is 0 Å². The van der Waals surface area contributed by atoms with Gasteiger partial charge in [-0.2, -0.15) is 0 Å². The van der Waals surface area contributed by atoms with E-state index in [0.29, 0.717) is 28.3 Å². The average molecular weight is 936 g/mol. The Labute approximate surface area is 352 Å². The molecule has 2 aliphatic carbocycles. The number of aliphatic hydroxyl groups excluding tert-OH is 3. The van der Waals surface area contributed by atoms with Gasteiger partial charge in [0.1, 0.15) is 83.2 Å². The maximum absolute atomic E-state index is 12.9. The van der Waals surface area contributed by atoms with E-state index >= 15 is 0 Å². The van der Waals surface area contributed by atoms with E-state index in [1.165, 1.54) is 30.3 Å². The van der Waals surface area contributed by atoms with E-state index in [0.717, 1.165) is 37.0 Å². The normalized spacial score (nSPS) is 28.1. The second-order valence-electron chi connectivity index (χ2n) is 15.3. The highest BCUT2D eigenvalue weighted by molar-refractivity contribution is 9.08. The van der Waals surface area contributed by atoms with Crippen molar-refractivity contribution in [2.45, 2.75) is 111 Å². The van der Waals surface area contributed by atoms with Crippen LogP contribution in [0.5, 0.6) is 11.5 Å². The molecule has 0 spiro atoms. The van der Waals surface area contributed by atoms with Gasteiger partial charge in [0.2, 0.25) is 0 Å². The predicted octanol–water partition coefficient (Wildman–Crippen LogP) is 6.68. The Morgan fingerprint density at radius 2 is 1.00 bits per heavy atom. The number of benzene rings is 2. The zero-order valence-corrected chi connectivity index (χ0v) is 33.6. The fourth-order valence-corrected chi connectivity index (χ4v) is 8.20. The maximum Gasteiger partial charge on any atom is 0.573 e. The number of fused-ring (bicyclic) bond motifs is 2. The maximum atomic E-state index is 12.9. The van der Waals surface area contributed by atoms with E-state index in [4.69, 9.17) is 42.9 Å². The lowest BCUT2D eigenvalue weighted by Crippen LogP contribution is -2.32. The average Bonchev–Trinajstić information content (AvgIpc) is 3.90. The van der Waals surface area contributed by atoms with Crippen molar-refractivity contribution in [1.82, 2.24) is 10.3 Å². The van der Waals surface area contributed by atoms with Crippen LogP contribution in [0.15, 0.2) is 57.6 Å². The number of para-hydroxylation sites is 2. The van der Waals surface area contributed by atoms with Crippen LogP contribution in [0.1, 0.15) is 60.2 Å². The molecule has 2 saturated carbocycles. The van der Waals surface area contributed by atoms with Gasteiger partial charge < -0.3 is 57.5 Å². The van der Waals surface area contributed by atoms with Crippen molar-refractivity contribution in [3.8, 4) is 34.0 Å². The minimum Gasteiger partial charge on any atom is -0.405 e. The number of aromatic nitrogens is 2. The Hall–Kier alpha value is -3.80. The van der Waals surface area contributed by atoms with Crippen LogP contribution in [0.2, 0.25) is 0 Å². The summed E-state index contributed by atoms with van der Waals surface area (Å²) in [5.41, 5.74) is 2.50. The predicted molar refractivity (Wildman–Crippen MR) is 199 cm³/mol. The highest BCUT2D eigenvalue weighted by Gasteiger charge is 2.49. The van der Waals surface area contributed by atoms with Gasteiger partial charge in [-0.1, -0.05) is 50.5 Å². The zero-order valence-electron chi connectivity index (χ0n) is 32.0. The molecule has 0 bridgehead atoms. The Balaban J connectivity index is 0.000000143. The minimum atomic E-state index is -4.83. The van der Waals surface area contributed by atoms with Crippen LogP contribution in [0, 0.1) is 0 Å². The fourth-order valence-electron chi connectivity index (χ4n) is 7.66. The van der Waals surface area contributed by atoms with Crippen LogP contribution in [0.3, 0.4) is 0 Å². The molecular formula is C40H41BrF6N2O12. The van der Waals surface area contributed by atoms with Crippen LogP contribution in [-0.4, -0.2) is 114 Å². The molecule has 8 atom stereocenters. The van der Waals surface area contributed by atoms with Gasteiger partial charge in [0.05, 0.1) is 33.0 Å². The summed E-state index contributed by atoms with van der Waals surface area (Å²) in [6.07, 6.45) is -9.27. The molecule has 0 radical (unpaired) electrons. The molecule has 61 heavy (non-hydrogen) atoms. The highest BCUT2D eigenvalue weighted by Crippen LogP contribution is 2.47. The highest BCUT2D eigenvalue weighted by atomic mass is 79.9. The number of nitrogens with zero attached hydrogens (tertiary/aromatic N) is 2. The summed E-state index contributed by atoms with van der Waals surface area (Å²) >= 11 is 3.35. The van der Waals surface area contributed by atoms with Crippen LogP contribution in [0.25, 0.3) is 22.5 Å². The molecule has 6 fully saturated rings. The lowest BCUT2D eigenvalue weighted by atomic mass is 10.0. The van der Waals surface area contributed by atoms with Crippen LogP contribution in [-0.2, 0) is 35.6 Å². The smallest absolute Gasteiger partial charge is 0.405 e. The second-order valence-corrected chi connectivity index (χ2v) is 15.8. The summed E-state index contributed by atoms with van der Waals surface area (Å²) in [6, 6.07) is 11.8. The first-order valence-corrected chi connectivity index (χ1v) is 20.7. The summed E-state index contributed by atoms with van der Waals surface area (Å²) in [4.78, 5) is 0. The third-order valence-electron chi connectivity index (χ3n) is 10.8. The van der Waals surface area contributed by atoms with Crippen LogP contribution >= 0.6 is 15.9 Å². The van der Waals surface area contributed by atoms with E-state index in [1.54, 1.807) is 18.2 Å². The molecule has 4 aromatic rings. The van der Waals surface area contributed by atoms with Crippen molar-refractivity contribution in [3.63, 3.8) is 0 Å². The Kier molecular flexibility index (Phi) is 13.0. The monoisotopic (exact) mass is 934 g/mol. The number of halogens is 7. The van der Waals surface area contributed by atoms with Gasteiger partial charge in [-0.15, -0.1) is 26.3 Å². The lowest BCUT2D eigenvalue weighted by molar-refractivity contribution is -0.275. The Bertz CT molecular complexity index is 2090. The number of aliphatic hydroxyl groups is 3. The van der Waals surface area contributed by atoms with Gasteiger partial charge >= 0.3 is 12.7 Å². The largest absolute Gasteiger partial charge is 0.573 e. The standard InChI is InChI=1S/C20H20F3NO6.C14H11BrF3NO2.C6H10O4/c21-20(22,23)29-14-4-2-1-3-11(14)16-12(17(30-24-16)10-5-6-10)7-26-15-9-28-18-13(25)8-27-19(15)18;15-7-10-12(19-21-13(10)8-5-6-8)9-3-1-2-4-11(9)20-14(16,17)18;7-3-1-9-6-4(8)2-10-5(3)6/h1-4,10,13,15,18-19,25H,5-9H2;1-4,8H,5-7H2;3-8H,1-2H2/t13-,15-,18-,19-;;3-,4-,5-,6-/m1.1/s1. The quantitative estimate of drug-likeness (QED) is 0.113. The number of ether oxygens (including phenoxy) is 7. The minimum absolute atomic E-state index is 0.0712. The molecule has 2 aromatic carbocycles. The van der Waals surface area contributed by atoms with Crippen molar-refractivity contribution in [1.29, 1.82) is 0 Å². The van der Waals surface area contributed by atoms with Gasteiger partial charge in [-0.25, -0.2) is 0 Å². The Morgan fingerprint density at radius 1 is 0.590 bits per heavy atom. The molecule has 10 rings (SSSR count). The molecule has 332 valence electrons. The summed E-state index contributed by atoms with van der Waals surface area (Å²) in [5, 5.41) is 36.7. The van der Waals surface area contributed by atoms with Crippen molar-refractivity contribution in [3.05, 3.63) is 71.2 Å². The molecule has 0 unspecified atom stereocenters. The molecule has 2 aromatic heterocycles. The van der Waals surface area contributed by atoms with Gasteiger partial charge in [-0.3, -0.25) is 0 Å². The first kappa shape index (κ1) is 43.8. The van der Waals surface area contributed by atoms with E-state index < -0.39 is 43.2 Å². The topological polar surface area (TPSA) is 177 Å². The molecule has 6 heterocycles. The summed E-state index contributed by atoms with van der Waals surface area (Å²) < 4.78 is 122. The van der Waals surface area contributed by atoms with E-state index in [9.17, 15) is 31.4 Å². The fraction of sp³-hybridized carbons (Fsp3) is 0.550. The molecule has 3 N–H and O–H groups in total. The molecule has 4 saturated heterocycles. The third-order valence-corrected chi connectivity index (χ3v) is 11.4. The first-order valence-electron chi connectivity index (χ1n) is 19.5. The van der Waals surface area contributed by atoms with Crippen molar-refractivity contribution in [2.75, 3.05) is 26.4 Å². The first-order chi connectivity index (χ1) is 29.2. The van der Waals surface area contributed by atoms with Gasteiger partial charge in [-0.05, 0) is 49.9 Å². The second kappa shape index (κ2) is 18.1. The van der Waals surface area contributed by atoms with Crippen molar-refractivity contribution >= 4 is 15.9 Å². The molecule has 14 nitrogen and oxygen atoms in total. The lowest BCUT2D eigenvalue weighted by Gasteiger charge is -2.17. The summed E-state index contributed by atoms with van der Waals surface area (Å²) in [5.74, 6) is 1.25. The number of hydrogen-bond acceptors (Lipinski definition) is 14. The number of alkyl halides is 7. The van der Waals surface area contributed by atoms with Gasteiger partial charge in [0.25, 0.3) is 0 Å². The van der Waals surface area contributed by atoms with Crippen LogP contribution in [0.4, 0.5) is 26.3 Å². The zero-order chi connectivity index (χ0) is 43.1. The van der Waals surface area contributed by atoms with Crippen LogP contribution < -0.4 is 9.47 Å². The summed E-state index contributed by atoms with van der Waals surface area (Å²) in [7, 11) is 0. The number of hydrogen-bond donors (Lipinski definition) is 3. The van der Waals surface area contributed by atoms with Gasteiger partial charge in [0, 0.05) is 39.4 Å². The van der Waals surface area contributed by atoms with Crippen molar-refractivity contribution in [2.24, 2.45) is 0 Å². The van der Waals surface area contributed by atoms with E-state index in [-0.39, 0.29) is 85.6 Å². The summed E-state index contributed by atoms with van der Waals surface area (Å²) in [6.45, 7) is 1.09. The molecular weight excluding hydrogens is 894 g/mol.